The van der Waals surface area contributed by atoms with E-state index in [9.17, 15) is 4.79 Å². The van der Waals surface area contributed by atoms with Gasteiger partial charge in [-0.3, -0.25) is 4.79 Å². The summed E-state index contributed by atoms with van der Waals surface area (Å²) in [6.07, 6.45) is 1.67. The molecule has 5 heteroatoms. The summed E-state index contributed by atoms with van der Waals surface area (Å²) >= 11 is 0. The average Bonchev–Trinajstić information content (AvgIpc) is 2.39. The predicted molar refractivity (Wildman–Crippen MR) is 65.3 cm³/mol. The lowest BCUT2D eigenvalue weighted by atomic mass is 10.2. The van der Waals surface area contributed by atoms with Gasteiger partial charge in [-0.2, -0.15) is 0 Å². The van der Waals surface area contributed by atoms with Crippen molar-refractivity contribution >= 4 is 11.7 Å². The summed E-state index contributed by atoms with van der Waals surface area (Å²) in [4.78, 5) is 20.1. The number of rotatable bonds is 2. The fourth-order valence-electron chi connectivity index (χ4n) is 1.75. The van der Waals surface area contributed by atoms with Crippen LogP contribution in [0.4, 0.5) is 5.82 Å². The molecule has 0 N–H and O–H groups in total. The number of ether oxygens (including phenoxy) is 1. The molecule has 1 amide bonds. The number of carbonyl (C=O) groups is 1. The lowest BCUT2D eigenvalue weighted by molar-refractivity contribution is 0.0303. The molecule has 0 saturated carbocycles. The van der Waals surface area contributed by atoms with Crippen molar-refractivity contribution in [1.82, 2.24) is 9.88 Å². The Kier molecular flexibility index (Phi) is 3.58. The van der Waals surface area contributed by atoms with Crippen molar-refractivity contribution in [1.29, 1.82) is 0 Å². The number of anilines is 1. The molecule has 0 aromatic carbocycles. The number of pyridine rings is 1. The van der Waals surface area contributed by atoms with Gasteiger partial charge in [0.05, 0.1) is 13.2 Å². The standard InChI is InChI=1S/C12H17N3O2/c1-14(2)11-9-10(3-4-13-11)12(16)15-5-7-17-8-6-15/h3-4,9H,5-8H2,1-2H3. The number of hydrogen-bond donors (Lipinski definition) is 0. The maximum absolute atomic E-state index is 12.2. The molecule has 0 spiro atoms. The van der Waals surface area contributed by atoms with E-state index in [1.165, 1.54) is 0 Å². The lowest BCUT2D eigenvalue weighted by Gasteiger charge is -2.27. The Morgan fingerprint density at radius 1 is 1.41 bits per heavy atom. The Balaban J connectivity index is 2.15. The quantitative estimate of drug-likeness (QED) is 0.754. The third-order valence-corrected chi connectivity index (χ3v) is 2.75. The number of hydrogen-bond acceptors (Lipinski definition) is 4. The summed E-state index contributed by atoms with van der Waals surface area (Å²) in [6, 6.07) is 3.57. The van der Waals surface area contributed by atoms with Gasteiger partial charge in [0, 0.05) is 38.9 Å². The molecule has 1 aliphatic heterocycles. The third kappa shape index (κ3) is 2.74. The molecule has 17 heavy (non-hydrogen) atoms. The van der Waals surface area contributed by atoms with E-state index in [2.05, 4.69) is 4.98 Å². The Labute approximate surface area is 101 Å². The number of morpholine rings is 1. The van der Waals surface area contributed by atoms with Crippen molar-refractivity contribution in [3.63, 3.8) is 0 Å². The minimum atomic E-state index is 0.0544. The fraction of sp³-hybridized carbons (Fsp3) is 0.500. The van der Waals surface area contributed by atoms with E-state index >= 15 is 0 Å². The highest BCUT2D eigenvalue weighted by Crippen LogP contribution is 2.12. The van der Waals surface area contributed by atoms with Gasteiger partial charge in [-0.25, -0.2) is 4.98 Å². The van der Waals surface area contributed by atoms with E-state index in [0.717, 1.165) is 5.82 Å². The Bertz CT molecular complexity index is 400. The minimum Gasteiger partial charge on any atom is -0.378 e. The molecular formula is C12H17N3O2. The second kappa shape index (κ2) is 5.14. The predicted octanol–water partition coefficient (Wildman–Crippen LogP) is 0.620. The third-order valence-electron chi connectivity index (χ3n) is 2.75. The van der Waals surface area contributed by atoms with Gasteiger partial charge in [-0.15, -0.1) is 0 Å². The molecule has 2 heterocycles. The maximum Gasteiger partial charge on any atom is 0.254 e. The molecule has 5 nitrogen and oxygen atoms in total. The number of amides is 1. The average molecular weight is 235 g/mol. The van der Waals surface area contributed by atoms with Crippen molar-refractivity contribution in [3.05, 3.63) is 23.9 Å². The summed E-state index contributed by atoms with van der Waals surface area (Å²) in [5.41, 5.74) is 0.686. The molecule has 1 aliphatic rings. The molecule has 1 saturated heterocycles. The monoisotopic (exact) mass is 235 g/mol. The number of aromatic nitrogens is 1. The summed E-state index contributed by atoms with van der Waals surface area (Å²) < 4.78 is 5.23. The molecule has 1 fully saturated rings. The smallest absolute Gasteiger partial charge is 0.254 e. The first-order valence-electron chi connectivity index (χ1n) is 5.69. The first-order valence-corrected chi connectivity index (χ1v) is 5.69. The van der Waals surface area contributed by atoms with Crippen LogP contribution in [0.2, 0.25) is 0 Å². The largest absolute Gasteiger partial charge is 0.378 e. The van der Waals surface area contributed by atoms with Crippen molar-refractivity contribution in [3.8, 4) is 0 Å². The second-order valence-electron chi connectivity index (χ2n) is 4.20. The Morgan fingerprint density at radius 2 is 2.12 bits per heavy atom. The van der Waals surface area contributed by atoms with Gasteiger partial charge in [0.1, 0.15) is 5.82 Å². The van der Waals surface area contributed by atoms with Crippen LogP contribution in [0.5, 0.6) is 0 Å². The molecule has 0 aliphatic carbocycles. The molecule has 0 radical (unpaired) electrons. The van der Waals surface area contributed by atoms with Gasteiger partial charge in [-0.1, -0.05) is 0 Å². The van der Waals surface area contributed by atoms with E-state index in [1.807, 2.05) is 30.0 Å². The van der Waals surface area contributed by atoms with Crippen molar-refractivity contribution in [2.75, 3.05) is 45.3 Å². The van der Waals surface area contributed by atoms with Crippen LogP contribution in [0.1, 0.15) is 10.4 Å². The SMILES string of the molecule is CN(C)c1cc(C(=O)N2CCOCC2)ccn1. The minimum absolute atomic E-state index is 0.0544. The zero-order valence-electron chi connectivity index (χ0n) is 10.2. The van der Waals surface area contributed by atoms with E-state index in [0.29, 0.717) is 31.9 Å². The Morgan fingerprint density at radius 3 is 2.76 bits per heavy atom. The van der Waals surface area contributed by atoms with Gasteiger partial charge >= 0.3 is 0 Å². The van der Waals surface area contributed by atoms with Crippen LogP contribution in [0.15, 0.2) is 18.3 Å². The van der Waals surface area contributed by atoms with Gasteiger partial charge in [-0.05, 0) is 12.1 Å². The van der Waals surface area contributed by atoms with Crippen LogP contribution in [-0.4, -0.2) is 56.2 Å². The van der Waals surface area contributed by atoms with Crippen LogP contribution in [-0.2, 0) is 4.74 Å². The van der Waals surface area contributed by atoms with Crippen LogP contribution in [0, 0.1) is 0 Å². The van der Waals surface area contributed by atoms with Crippen LogP contribution in [0.3, 0.4) is 0 Å². The van der Waals surface area contributed by atoms with Gasteiger partial charge in [0.25, 0.3) is 5.91 Å². The van der Waals surface area contributed by atoms with Crippen molar-refractivity contribution in [2.24, 2.45) is 0 Å². The zero-order valence-corrected chi connectivity index (χ0v) is 10.2. The number of carbonyl (C=O) groups excluding carboxylic acids is 1. The molecule has 2 rings (SSSR count). The normalized spacial score (nSPS) is 15.8. The van der Waals surface area contributed by atoms with Crippen molar-refractivity contribution < 1.29 is 9.53 Å². The van der Waals surface area contributed by atoms with Gasteiger partial charge < -0.3 is 14.5 Å². The Hall–Kier alpha value is -1.62. The highest BCUT2D eigenvalue weighted by molar-refractivity contribution is 5.94. The van der Waals surface area contributed by atoms with Crippen LogP contribution < -0.4 is 4.90 Å². The molecule has 92 valence electrons. The van der Waals surface area contributed by atoms with Crippen LogP contribution in [0.25, 0.3) is 0 Å². The lowest BCUT2D eigenvalue weighted by Crippen LogP contribution is -2.40. The zero-order chi connectivity index (χ0) is 12.3. The highest BCUT2D eigenvalue weighted by atomic mass is 16.5. The fourth-order valence-corrected chi connectivity index (χ4v) is 1.75. The van der Waals surface area contributed by atoms with E-state index in [1.54, 1.807) is 12.3 Å². The molecule has 0 unspecified atom stereocenters. The molecular weight excluding hydrogens is 218 g/mol. The summed E-state index contributed by atoms with van der Waals surface area (Å²) in [5.74, 6) is 0.850. The van der Waals surface area contributed by atoms with Gasteiger partial charge in [0.2, 0.25) is 0 Å². The molecule has 1 aromatic heterocycles. The highest BCUT2D eigenvalue weighted by Gasteiger charge is 2.18. The summed E-state index contributed by atoms with van der Waals surface area (Å²) in [7, 11) is 3.82. The molecule has 1 aromatic rings. The van der Waals surface area contributed by atoms with Crippen LogP contribution >= 0.6 is 0 Å². The summed E-state index contributed by atoms with van der Waals surface area (Å²) in [5, 5.41) is 0. The first kappa shape index (κ1) is 11.9. The molecule has 0 bridgehead atoms. The molecule has 0 atom stereocenters. The number of nitrogens with zero attached hydrogens (tertiary/aromatic N) is 3. The van der Waals surface area contributed by atoms with E-state index in [4.69, 9.17) is 4.74 Å². The van der Waals surface area contributed by atoms with Crippen molar-refractivity contribution in [2.45, 2.75) is 0 Å². The topological polar surface area (TPSA) is 45.7 Å². The summed E-state index contributed by atoms with van der Waals surface area (Å²) in [6.45, 7) is 2.58. The first-order chi connectivity index (χ1) is 8.18. The second-order valence-corrected chi connectivity index (χ2v) is 4.20. The van der Waals surface area contributed by atoms with E-state index in [-0.39, 0.29) is 5.91 Å². The van der Waals surface area contributed by atoms with Gasteiger partial charge in [0.15, 0.2) is 0 Å². The maximum atomic E-state index is 12.2. The van der Waals surface area contributed by atoms with E-state index < -0.39 is 0 Å².